The minimum atomic E-state index is -0.892. The smallest absolute Gasteiger partial charge is 0.317 e. The Morgan fingerprint density at radius 1 is 1.08 bits per heavy atom. The molecule has 0 bridgehead atoms. The van der Waals surface area contributed by atoms with Gasteiger partial charge in [-0.05, 0) is 26.0 Å². The summed E-state index contributed by atoms with van der Waals surface area (Å²) in [6, 6.07) is 14.1. The van der Waals surface area contributed by atoms with Crippen LogP contribution in [0.4, 0.5) is 5.69 Å². The molecular formula is C18H17NO5S. The molecule has 0 unspecified atom stereocenters. The molecule has 0 saturated carbocycles. The normalized spacial score (nSPS) is 11.0. The summed E-state index contributed by atoms with van der Waals surface area (Å²) < 4.78 is 5.27. The average molecular weight is 359 g/mol. The second-order valence-corrected chi connectivity index (χ2v) is 6.91. The lowest BCUT2D eigenvalue weighted by atomic mass is 9.97. The van der Waals surface area contributed by atoms with E-state index in [1.54, 1.807) is 38.1 Å². The third kappa shape index (κ3) is 5.15. The first-order valence-corrected chi connectivity index (χ1v) is 8.47. The summed E-state index contributed by atoms with van der Waals surface area (Å²) in [4.78, 5) is 34.5. The van der Waals surface area contributed by atoms with E-state index >= 15 is 0 Å². The van der Waals surface area contributed by atoms with Crippen LogP contribution in [-0.2, 0) is 4.79 Å². The zero-order valence-corrected chi connectivity index (χ0v) is 14.6. The third-order valence-corrected chi connectivity index (χ3v) is 4.75. The third-order valence-electron chi connectivity index (χ3n) is 3.38. The predicted octanol–water partition coefficient (Wildman–Crippen LogP) is 4.10. The number of hydrogen-bond donors (Lipinski definition) is 0. The van der Waals surface area contributed by atoms with Crippen molar-refractivity contribution < 1.29 is 19.2 Å². The molecule has 0 aromatic heterocycles. The van der Waals surface area contributed by atoms with Crippen molar-refractivity contribution in [1.82, 2.24) is 0 Å². The average Bonchev–Trinajstić information content (AvgIpc) is 2.61. The molecule has 0 heterocycles. The summed E-state index contributed by atoms with van der Waals surface area (Å²) in [7, 11) is 0. The van der Waals surface area contributed by atoms with Gasteiger partial charge in [-0.2, -0.15) is 0 Å². The summed E-state index contributed by atoms with van der Waals surface area (Å²) in [5, 5.41) is 10.5. The summed E-state index contributed by atoms with van der Waals surface area (Å²) >= 11 is 1.05. The van der Waals surface area contributed by atoms with Crippen molar-refractivity contribution in [3.8, 4) is 5.75 Å². The summed E-state index contributed by atoms with van der Waals surface area (Å²) in [6.45, 7) is 3.37. The number of carbonyl (C=O) groups excluding carboxylic acids is 2. The fourth-order valence-electron chi connectivity index (χ4n) is 1.84. The van der Waals surface area contributed by atoms with Gasteiger partial charge in [0.2, 0.25) is 5.12 Å². The number of benzene rings is 2. The molecule has 2 aromatic carbocycles. The molecule has 7 heteroatoms. The van der Waals surface area contributed by atoms with Crippen molar-refractivity contribution >= 4 is 28.5 Å². The van der Waals surface area contributed by atoms with Crippen LogP contribution < -0.4 is 4.74 Å². The fourth-order valence-corrected chi connectivity index (χ4v) is 2.76. The minimum absolute atomic E-state index is 0.0805. The van der Waals surface area contributed by atoms with E-state index in [0.717, 1.165) is 11.8 Å². The van der Waals surface area contributed by atoms with Crippen LogP contribution in [-0.4, -0.2) is 21.8 Å². The quantitative estimate of drug-likeness (QED) is 0.334. The minimum Gasteiger partial charge on any atom is -0.426 e. The first-order valence-electron chi connectivity index (χ1n) is 7.48. The van der Waals surface area contributed by atoms with E-state index in [2.05, 4.69) is 0 Å². The zero-order chi connectivity index (χ0) is 18.4. The molecule has 0 fully saturated rings. The van der Waals surface area contributed by atoms with Crippen LogP contribution in [0.15, 0.2) is 54.6 Å². The molecule has 25 heavy (non-hydrogen) atoms. The van der Waals surface area contributed by atoms with E-state index in [1.807, 2.05) is 6.07 Å². The number of nitro groups is 1. The number of hydrogen-bond acceptors (Lipinski definition) is 6. The molecule has 2 rings (SSSR count). The van der Waals surface area contributed by atoms with E-state index < -0.39 is 16.3 Å². The fraction of sp³-hybridized carbons (Fsp3) is 0.222. The highest BCUT2D eigenvalue weighted by atomic mass is 32.2. The molecular weight excluding hydrogens is 342 g/mol. The van der Waals surface area contributed by atoms with Gasteiger partial charge in [0.05, 0.1) is 10.3 Å². The van der Waals surface area contributed by atoms with Crippen molar-refractivity contribution in [3.63, 3.8) is 0 Å². The number of ether oxygens (including phenoxy) is 1. The highest BCUT2D eigenvalue weighted by Crippen LogP contribution is 2.27. The standard InChI is InChI=1S/C18H17NO5S/c1-18(2,12-25-16(20)13-6-4-3-5-7-13)17(21)24-15-10-8-14(9-11-15)19(22)23/h3-11H,12H2,1-2H3. The first kappa shape index (κ1) is 18.7. The SMILES string of the molecule is CC(C)(CSC(=O)c1ccccc1)C(=O)Oc1ccc([N+](=O)[O-])cc1. The molecule has 0 N–H and O–H groups in total. The molecule has 2 aromatic rings. The maximum atomic E-state index is 12.3. The number of nitro benzene ring substituents is 1. The van der Waals surface area contributed by atoms with Gasteiger partial charge in [0.1, 0.15) is 5.75 Å². The molecule has 0 saturated heterocycles. The maximum absolute atomic E-state index is 12.3. The van der Waals surface area contributed by atoms with Crippen LogP contribution in [0.1, 0.15) is 24.2 Å². The molecule has 0 aliphatic heterocycles. The highest BCUT2D eigenvalue weighted by molar-refractivity contribution is 8.14. The lowest BCUT2D eigenvalue weighted by Gasteiger charge is -2.21. The van der Waals surface area contributed by atoms with Gasteiger partial charge >= 0.3 is 5.97 Å². The Balaban J connectivity index is 1.95. The number of esters is 1. The van der Waals surface area contributed by atoms with Gasteiger partial charge in [-0.1, -0.05) is 42.1 Å². The maximum Gasteiger partial charge on any atom is 0.317 e. The zero-order valence-electron chi connectivity index (χ0n) is 13.8. The van der Waals surface area contributed by atoms with E-state index in [9.17, 15) is 19.7 Å². The van der Waals surface area contributed by atoms with Crippen molar-refractivity contribution in [2.75, 3.05) is 5.75 Å². The number of rotatable bonds is 6. The van der Waals surface area contributed by atoms with Gasteiger partial charge < -0.3 is 4.74 Å². The predicted molar refractivity (Wildman–Crippen MR) is 95.7 cm³/mol. The van der Waals surface area contributed by atoms with Gasteiger partial charge in [0.25, 0.3) is 5.69 Å². The van der Waals surface area contributed by atoms with Gasteiger partial charge in [-0.25, -0.2) is 0 Å². The highest BCUT2D eigenvalue weighted by Gasteiger charge is 2.31. The summed E-state index contributed by atoms with van der Waals surface area (Å²) in [6.07, 6.45) is 0. The molecule has 130 valence electrons. The van der Waals surface area contributed by atoms with Gasteiger partial charge in [0, 0.05) is 23.4 Å². The Labute approximate surface area is 149 Å². The largest absolute Gasteiger partial charge is 0.426 e. The van der Waals surface area contributed by atoms with Crippen LogP contribution in [0.5, 0.6) is 5.75 Å². The summed E-state index contributed by atoms with van der Waals surface area (Å²) in [5.41, 5.74) is -0.397. The van der Waals surface area contributed by atoms with Crippen molar-refractivity contribution in [3.05, 3.63) is 70.3 Å². The molecule has 0 spiro atoms. The van der Waals surface area contributed by atoms with E-state index in [4.69, 9.17) is 4.74 Å². The van der Waals surface area contributed by atoms with Crippen LogP contribution in [0.3, 0.4) is 0 Å². The second kappa shape index (κ2) is 7.94. The van der Waals surface area contributed by atoms with Crippen molar-refractivity contribution in [1.29, 1.82) is 0 Å². The Kier molecular flexibility index (Phi) is 5.93. The second-order valence-electron chi connectivity index (χ2n) is 5.97. The van der Waals surface area contributed by atoms with E-state index in [-0.39, 0.29) is 22.3 Å². The Hall–Kier alpha value is -2.67. The molecule has 6 nitrogen and oxygen atoms in total. The Morgan fingerprint density at radius 2 is 1.68 bits per heavy atom. The van der Waals surface area contributed by atoms with Crippen LogP contribution in [0.25, 0.3) is 0 Å². The molecule has 0 radical (unpaired) electrons. The van der Waals surface area contributed by atoms with Crippen LogP contribution in [0, 0.1) is 15.5 Å². The Bertz CT molecular complexity index is 772. The number of carbonyl (C=O) groups is 2. The monoisotopic (exact) mass is 359 g/mol. The molecule has 0 amide bonds. The van der Waals surface area contributed by atoms with Crippen molar-refractivity contribution in [2.24, 2.45) is 5.41 Å². The number of nitrogens with zero attached hydrogens (tertiary/aromatic N) is 1. The number of non-ortho nitro benzene ring substituents is 1. The lowest BCUT2D eigenvalue weighted by Crippen LogP contribution is -2.31. The van der Waals surface area contributed by atoms with E-state index in [0.29, 0.717) is 5.56 Å². The van der Waals surface area contributed by atoms with Crippen LogP contribution >= 0.6 is 11.8 Å². The molecule has 0 aliphatic rings. The van der Waals surface area contributed by atoms with Crippen LogP contribution in [0.2, 0.25) is 0 Å². The number of thioether (sulfide) groups is 1. The topological polar surface area (TPSA) is 86.5 Å². The lowest BCUT2D eigenvalue weighted by molar-refractivity contribution is -0.384. The van der Waals surface area contributed by atoms with Gasteiger partial charge in [0.15, 0.2) is 0 Å². The molecule has 0 aliphatic carbocycles. The van der Waals surface area contributed by atoms with Gasteiger partial charge in [-0.15, -0.1) is 0 Å². The van der Waals surface area contributed by atoms with E-state index in [1.165, 1.54) is 24.3 Å². The first-order chi connectivity index (χ1) is 11.8. The summed E-state index contributed by atoms with van der Waals surface area (Å²) in [5.74, 6) is -0.0233. The van der Waals surface area contributed by atoms with Crippen molar-refractivity contribution in [2.45, 2.75) is 13.8 Å². The molecule has 0 atom stereocenters. The van der Waals surface area contributed by atoms with Gasteiger partial charge in [-0.3, -0.25) is 19.7 Å². The Morgan fingerprint density at radius 3 is 2.24 bits per heavy atom.